The lowest BCUT2D eigenvalue weighted by Gasteiger charge is -2.14. The van der Waals surface area contributed by atoms with E-state index >= 15 is 0 Å². The molecule has 0 aliphatic heterocycles. The normalized spacial score (nSPS) is 12.0. The molecule has 2 heterocycles. The third-order valence-corrected chi connectivity index (χ3v) is 5.81. The zero-order valence-corrected chi connectivity index (χ0v) is 18.7. The van der Waals surface area contributed by atoms with Crippen molar-refractivity contribution in [3.63, 3.8) is 0 Å². The van der Waals surface area contributed by atoms with Gasteiger partial charge in [-0.1, -0.05) is 48.5 Å². The van der Waals surface area contributed by atoms with Crippen molar-refractivity contribution in [1.82, 2.24) is 10.3 Å². The molecule has 5 rings (SSSR count). The van der Waals surface area contributed by atoms with Crippen LogP contribution in [0.3, 0.4) is 0 Å². The van der Waals surface area contributed by atoms with Crippen molar-refractivity contribution < 1.29 is 13.9 Å². The first-order chi connectivity index (χ1) is 16.6. The Morgan fingerprint density at radius 2 is 1.82 bits per heavy atom. The molecule has 2 N–H and O–H groups in total. The molecule has 0 fully saturated rings. The van der Waals surface area contributed by atoms with Crippen LogP contribution in [0.4, 0.5) is 0 Å². The molecule has 3 aromatic carbocycles. The maximum absolute atomic E-state index is 12.9. The van der Waals surface area contributed by atoms with Crippen LogP contribution >= 0.6 is 0 Å². The molecular formula is C28H24N2O4. The van der Waals surface area contributed by atoms with Crippen LogP contribution in [0.2, 0.25) is 0 Å². The first-order valence-corrected chi connectivity index (χ1v) is 11.2. The minimum absolute atomic E-state index is 0.0543. The molecule has 0 unspecified atom stereocenters. The number of H-pyrrole nitrogens is 1. The van der Waals surface area contributed by atoms with E-state index in [1.807, 2.05) is 61.7 Å². The molecule has 0 aliphatic carbocycles. The second-order valence-corrected chi connectivity index (χ2v) is 8.32. The number of amides is 1. The Morgan fingerprint density at radius 3 is 2.68 bits per heavy atom. The SMILES string of the molecule is C[C@@H](Cc1c[nH]c2ccccc12)NC(=O)COc1ccc2c(=O)c(-c3ccccc3)coc2c1. The number of para-hydroxylation sites is 1. The molecule has 6 nitrogen and oxygen atoms in total. The molecule has 0 spiro atoms. The predicted molar refractivity (Wildman–Crippen MR) is 133 cm³/mol. The summed E-state index contributed by atoms with van der Waals surface area (Å²) in [6, 6.07) is 22.4. The molecule has 0 saturated heterocycles. The van der Waals surface area contributed by atoms with Crippen molar-refractivity contribution in [2.75, 3.05) is 6.61 Å². The molecular weight excluding hydrogens is 428 g/mol. The number of nitrogens with one attached hydrogen (secondary N) is 2. The van der Waals surface area contributed by atoms with Crippen LogP contribution in [-0.2, 0) is 11.2 Å². The minimum Gasteiger partial charge on any atom is -0.484 e. The second kappa shape index (κ2) is 9.27. The van der Waals surface area contributed by atoms with Gasteiger partial charge in [0.15, 0.2) is 12.0 Å². The van der Waals surface area contributed by atoms with E-state index in [1.165, 1.54) is 6.26 Å². The summed E-state index contributed by atoms with van der Waals surface area (Å²) in [6.45, 7) is 1.84. The zero-order chi connectivity index (χ0) is 23.5. The number of fused-ring (bicyclic) bond motifs is 2. The highest BCUT2D eigenvalue weighted by Crippen LogP contribution is 2.23. The van der Waals surface area contributed by atoms with E-state index in [0.29, 0.717) is 28.7 Å². The number of benzene rings is 3. The highest BCUT2D eigenvalue weighted by atomic mass is 16.5. The van der Waals surface area contributed by atoms with Gasteiger partial charge in [-0.3, -0.25) is 9.59 Å². The molecule has 0 saturated carbocycles. The molecule has 0 bridgehead atoms. The minimum atomic E-state index is -0.215. The third-order valence-electron chi connectivity index (χ3n) is 5.81. The fraction of sp³-hybridized carbons (Fsp3) is 0.143. The summed E-state index contributed by atoms with van der Waals surface area (Å²) in [5, 5.41) is 4.60. The van der Waals surface area contributed by atoms with E-state index in [1.54, 1.807) is 18.2 Å². The lowest BCUT2D eigenvalue weighted by molar-refractivity contribution is -0.123. The van der Waals surface area contributed by atoms with Crippen LogP contribution < -0.4 is 15.5 Å². The van der Waals surface area contributed by atoms with E-state index in [9.17, 15) is 9.59 Å². The summed E-state index contributed by atoms with van der Waals surface area (Å²) in [5.74, 6) is 0.246. The van der Waals surface area contributed by atoms with Crippen molar-refractivity contribution in [2.45, 2.75) is 19.4 Å². The van der Waals surface area contributed by atoms with Gasteiger partial charge in [0.05, 0.1) is 10.9 Å². The Balaban J connectivity index is 1.22. The number of hydrogen-bond acceptors (Lipinski definition) is 4. The maximum Gasteiger partial charge on any atom is 0.258 e. The highest BCUT2D eigenvalue weighted by Gasteiger charge is 2.13. The lowest BCUT2D eigenvalue weighted by Crippen LogP contribution is -2.37. The third kappa shape index (κ3) is 4.43. The van der Waals surface area contributed by atoms with Gasteiger partial charge in [0.1, 0.15) is 17.6 Å². The quantitative estimate of drug-likeness (QED) is 0.361. The summed E-state index contributed by atoms with van der Waals surface area (Å²) >= 11 is 0. The summed E-state index contributed by atoms with van der Waals surface area (Å²) in [5.41, 5.74) is 3.85. The number of carbonyl (C=O) groups excluding carboxylic acids is 1. The van der Waals surface area contributed by atoms with Crippen LogP contribution in [-0.4, -0.2) is 23.5 Å². The average Bonchev–Trinajstić information content (AvgIpc) is 3.26. The van der Waals surface area contributed by atoms with Gasteiger partial charge >= 0.3 is 0 Å². The lowest BCUT2D eigenvalue weighted by atomic mass is 10.1. The number of ether oxygens (including phenoxy) is 1. The highest BCUT2D eigenvalue weighted by molar-refractivity contribution is 5.84. The van der Waals surface area contributed by atoms with Gasteiger partial charge < -0.3 is 19.5 Å². The van der Waals surface area contributed by atoms with Gasteiger partial charge in [-0.15, -0.1) is 0 Å². The Hall–Kier alpha value is -4.32. The largest absolute Gasteiger partial charge is 0.484 e. The van der Waals surface area contributed by atoms with Crippen molar-refractivity contribution in [3.8, 4) is 16.9 Å². The van der Waals surface area contributed by atoms with Crippen LogP contribution in [0.5, 0.6) is 5.75 Å². The zero-order valence-electron chi connectivity index (χ0n) is 18.7. The van der Waals surface area contributed by atoms with Crippen LogP contribution in [0.25, 0.3) is 33.0 Å². The average molecular weight is 453 g/mol. The molecule has 1 amide bonds. The second-order valence-electron chi connectivity index (χ2n) is 8.32. The number of rotatable bonds is 7. The Labute approximate surface area is 196 Å². The Morgan fingerprint density at radius 1 is 1.03 bits per heavy atom. The number of aromatic nitrogens is 1. The Kier molecular flexibility index (Phi) is 5.87. The first-order valence-electron chi connectivity index (χ1n) is 11.2. The molecule has 6 heteroatoms. The van der Waals surface area contributed by atoms with Gasteiger partial charge in [-0.05, 0) is 42.7 Å². The van der Waals surface area contributed by atoms with E-state index in [-0.39, 0.29) is 24.0 Å². The van der Waals surface area contributed by atoms with E-state index in [4.69, 9.17) is 9.15 Å². The van der Waals surface area contributed by atoms with Gasteiger partial charge in [0.25, 0.3) is 5.91 Å². The number of carbonyl (C=O) groups is 1. The summed E-state index contributed by atoms with van der Waals surface area (Å²) in [4.78, 5) is 28.5. The molecule has 0 radical (unpaired) electrons. The van der Waals surface area contributed by atoms with E-state index in [2.05, 4.69) is 16.4 Å². The monoisotopic (exact) mass is 452 g/mol. The van der Waals surface area contributed by atoms with Crippen LogP contribution in [0, 0.1) is 0 Å². The topological polar surface area (TPSA) is 84.3 Å². The van der Waals surface area contributed by atoms with Crippen LogP contribution in [0.1, 0.15) is 12.5 Å². The van der Waals surface area contributed by atoms with E-state index < -0.39 is 0 Å². The van der Waals surface area contributed by atoms with Crippen molar-refractivity contribution in [2.24, 2.45) is 0 Å². The number of aromatic amines is 1. The molecule has 34 heavy (non-hydrogen) atoms. The maximum atomic E-state index is 12.9. The Bertz CT molecular complexity index is 1520. The van der Waals surface area contributed by atoms with Crippen molar-refractivity contribution >= 4 is 27.8 Å². The molecule has 170 valence electrons. The molecule has 5 aromatic rings. The fourth-order valence-corrected chi connectivity index (χ4v) is 4.16. The van der Waals surface area contributed by atoms with Gasteiger partial charge in [0, 0.05) is 29.2 Å². The first kappa shape index (κ1) is 21.5. The summed E-state index contributed by atoms with van der Waals surface area (Å²) < 4.78 is 11.4. The van der Waals surface area contributed by atoms with Gasteiger partial charge in [0.2, 0.25) is 0 Å². The van der Waals surface area contributed by atoms with Crippen molar-refractivity contribution in [3.05, 3.63) is 101 Å². The van der Waals surface area contributed by atoms with Gasteiger partial charge in [-0.2, -0.15) is 0 Å². The van der Waals surface area contributed by atoms with Crippen molar-refractivity contribution in [1.29, 1.82) is 0 Å². The van der Waals surface area contributed by atoms with Crippen LogP contribution in [0.15, 0.2) is 94.5 Å². The summed E-state index contributed by atoms with van der Waals surface area (Å²) in [7, 11) is 0. The number of hydrogen-bond donors (Lipinski definition) is 2. The van der Waals surface area contributed by atoms with E-state index in [0.717, 1.165) is 22.0 Å². The summed E-state index contributed by atoms with van der Waals surface area (Å²) in [6.07, 6.45) is 4.15. The van der Waals surface area contributed by atoms with Gasteiger partial charge in [-0.25, -0.2) is 0 Å². The molecule has 0 aliphatic rings. The standard InChI is InChI=1S/C28H24N2O4/c1-18(13-20-15-29-25-10-6-5-9-22(20)25)30-27(31)17-33-21-11-12-23-26(14-21)34-16-24(28(23)32)19-7-3-2-4-8-19/h2-12,14-16,18,29H,13,17H2,1H3,(H,30,31)/t18-/m0/s1. The molecule has 1 atom stereocenters. The smallest absolute Gasteiger partial charge is 0.258 e. The fourth-order valence-electron chi connectivity index (χ4n) is 4.16. The molecule has 2 aromatic heterocycles. The predicted octanol–water partition coefficient (Wildman–Crippen LogP) is 5.07.